The second kappa shape index (κ2) is 14.3. The van der Waals surface area contributed by atoms with Crippen LogP contribution in [-0.4, -0.2) is 37.9 Å². The Labute approximate surface area is 153 Å². The van der Waals surface area contributed by atoms with Crippen LogP contribution >= 0.6 is 0 Å². The Morgan fingerprint density at radius 3 is 2.16 bits per heavy atom. The number of unbranched alkanes of at least 4 members (excludes halogenated alkanes) is 9. The molecule has 25 heavy (non-hydrogen) atoms. The molecule has 0 saturated heterocycles. The number of hydrogen-bond donors (Lipinski definition) is 2. The first-order valence-electron chi connectivity index (χ1n) is 10.4. The molecule has 1 aromatic heterocycles. The number of aliphatic hydroxyl groups excluding tert-OH is 2. The first-order chi connectivity index (χ1) is 12.2. The average molecular weight is 354 g/mol. The Hall–Kier alpha value is -0.940. The van der Waals surface area contributed by atoms with Gasteiger partial charge in [-0.15, -0.1) is 5.10 Å². The molecule has 1 rings (SSSR count). The lowest BCUT2D eigenvalue weighted by Crippen LogP contribution is -2.28. The molecule has 146 valence electrons. The van der Waals surface area contributed by atoms with Crippen molar-refractivity contribution in [1.82, 2.24) is 15.0 Å². The zero-order valence-electron chi connectivity index (χ0n) is 16.4. The first kappa shape index (κ1) is 22.1. The van der Waals surface area contributed by atoms with E-state index in [0.717, 1.165) is 31.4 Å². The van der Waals surface area contributed by atoms with Gasteiger partial charge in [0.15, 0.2) is 0 Å². The van der Waals surface area contributed by atoms with E-state index in [0.29, 0.717) is 6.42 Å². The molecule has 0 fully saturated rings. The molecule has 5 nitrogen and oxygen atoms in total. The molecule has 0 bridgehead atoms. The molecule has 0 aliphatic rings. The minimum Gasteiger partial charge on any atom is -0.394 e. The molecular formula is C20H39N3O2. The lowest BCUT2D eigenvalue weighted by atomic mass is 10.0. The van der Waals surface area contributed by atoms with Gasteiger partial charge in [-0.05, 0) is 19.3 Å². The third-order valence-electron chi connectivity index (χ3n) is 4.92. The summed E-state index contributed by atoms with van der Waals surface area (Å²) in [6.07, 6.45) is 16.4. The smallest absolute Gasteiger partial charge is 0.103 e. The van der Waals surface area contributed by atoms with Crippen LogP contribution in [0.3, 0.4) is 0 Å². The minimum atomic E-state index is -0.560. The van der Waals surface area contributed by atoms with Crippen LogP contribution in [0.2, 0.25) is 0 Å². The van der Waals surface area contributed by atoms with Crippen molar-refractivity contribution in [2.75, 3.05) is 6.61 Å². The van der Waals surface area contributed by atoms with Gasteiger partial charge in [0.1, 0.15) is 6.04 Å². The van der Waals surface area contributed by atoms with E-state index >= 15 is 0 Å². The Morgan fingerprint density at radius 2 is 1.52 bits per heavy atom. The highest BCUT2D eigenvalue weighted by Crippen LogP contribution is 2.18. The van der Waals surface area contributed by atoms with Gasteiger partial charge in [0, 0.05) is 6.20 Å². The Bertz CT molecular complexity index is 423. The van der Waals surface area contributed by atoms with Crippen molar-refractivity contribution in [2.24, 2.45) is 0 Å². The third kappa shape index (κ3) is 9.36. The van der Waals surface area contributed by atoms with Gasteiger partial charge >= 0.3 is 0 Å². The molecule has 2 atom stereocenters. The fraction of sp³-hybridized carbons (Fsp3) is 0.900. The van der Waals surface area contributed by atoms with E-state index in [4.69, 9.17) is 0 Å². The molecule has 0 radical (unpaired) electrons. The fourth-order valence-electron chi connectivity index (χ4n) is 3.21. The fourth-order valence-corrected chi connectivity index (χ4v) is 3.21. The summed E-state index contributed by atoms with van der Waals surface area (Å²) in [7, 11) is 0. The van der Waals surface area contributed by atoms with Crippen LogP contribution in [-0.2, 0) is 6.42 Å². The standard InChI is InChI=1S/C20H39N3O2/c1-3-5-7-9-10-11-13-15-20(25)19(17-24)23-16-18(21-22-23)14-12-8-6-4-2/h16,19-20,24-25H,3-15,17H2,1-2H3/t19-,20+/m0/s1. The lowest BCUT2D eigenvalue weighted by Gasteiger charge is -2.20. The van der Waals surface area contributed by atoms with Gasteiger partial charge in [0.05, 0.1) is 18.4 Å². The molecule has 0 spiro atoms. The lowest BCUT2D eigenvalue weighted by molar-refractivity contribution is 0.0578. The molecule has 2 N–H and O–H groups in total. The van der Waals surface area contributed by atoms with Gasteiger partial charge in [0.25, 0.3) is 0 Å². The Kier molecular flexibility index (Phi) is 12.6. The molecule has 0 aliphatic carbocycles. The maximum atomic E-state index is 10.4. The van der Waals surface area contributed by atoms with Crippen LogP contribution in [0.15, 0.2) is 6.20 Å². The Morgan fingerprint density at radius 1 is 0.920 bits per heavy atom. The SMILES string of the molecule is CCCCCCCCC[C@@H](O)[C@H](CO)n1cc(CCCCCC)nn1. The quantitative estimate of drug-likeness (QED) is 0.431. The zero-order chi connectivity index (χ0) is 18.3. The van der Waals surface area contributed by atoms with Crippen LogP contribution in [0.1, 0.15) is 103 Å². The second-order valence-electron chi connectivity index (χ2n) is 7.23. The van der Waals surface area contributed by atoms with E-state index in [1.165, 1.54) is 51.4 Å². The number of aryl methyl sites for hydroxylation is 1. The van der Waals surface area contributed by atoms with Crippen molar-refractivity contribution in [3.63, 3.8) is 0 Å². The van der Waals surface area contributed by atoms with Crippen molar-refractivity contribution in [3.05, 3.63) is 11.9 Å². The van der Waals surface area contributed by atoms with Crippen LogP contribution in [0.4, 0.5) is 0 Å². The number of rotatable bonds is 16. The van der Waals surface area contributed by atoms with Crippen molar-refractivity contribution in [2.45, 2.75) is 109 Å². The highest BCUT2D eigenvalue weighted by molar-refractivity contribution is 4.94. The summed E-state index contributed by atoms with van der Waals surface area (Å²) in [4.78, 5) is 0. The maximum Gasteiger partial charge on any atom is 0.103 e. The maximum absolute atomic E-state index is 10.4. The van der Waals surface area contributed by atoms with Gasteiger partial charge < -0.3 is 10.2 Å². The summed E-state index contributed by atoms with van der Waals surface area (Å²) in [5.74, 6) is 0. The van der Waals surface area contributed by atoms with Gasteiger partial charge in [-0.2, -0.15) is 0 Å². The Balaban J connectivity index is 2.30. The van der Waals surface area contributed by atoms with Gasteiger partial charge in [-0.1, -0.05) is 83.3 Å². The van der Waals surface area contributed by atoms with E-state index in [1.54, 1.807) is 4.68 Å². The van der Waals surface area contributed by atoms with Crippen molar-refractivity contribution in [1.29, 1.82) is 0 Å². The predicted molar refractivity (Wildman–Crippen MR) is 103 cm³/mol. The third-order valence-corrected chi connectivity index (χ3v) is 4.92. The van der Waals surface area contributed by atoms with E-state index in [1.807, 2.05) is 6.20 Å². The van der Waals surface area contributed by atoms with Crippen LogP contribution in [0.5, 0.6) is 0 Å². The van der Waals surface area contributed by atoms with E-state index in [2.05, 4.69) is 24.2 Å². The van der Waals surface area contributed by atoms with Crippen molar-refractivity contribution < 1.29 is 10.2 Å². The zero-order valence-corrected chi connectivity index (χ0v) is 16.4. The summed E-state index contributed by atoms with van der Waals surface area (Å²) in [5, 5.41) is 28.4. The number of nitrogens with zero attached hydrogens (tertiary/aromatic N) is 3. The largest absolute Gasteiger partial charge is 0.394 e. The van der Waals surface area contributed by atoms with E-state index in [9.17, 15) is 10.2 Å². The first-order valence-corrected chi connectivity index (χ1v) is 10.4. The molecular weight excluding hydrogens is 314 g/mol. The average Bonchev–Trinajstić information content (AvgIpc) is 3.07. The van der Waals surface area contributed by atoms with E-state index in [-0.39, 0.29) is 12.6 Å². The molecule has 5 heteroatoms. The summed E-state index contributed by atoms with van der Waals surface area (Å²) < 4.78 is 1.65. The van der Waals surface area contributed by atoms with Gasteiger partial charge in [-0.25, -0.2) is 4.68 Å². The van der Waals surface area contributed by atoms with Crippen LogP contribution < -0.4 is 0 Å². The number of hydrogen-bond acceptors (Lipinski definition) is 4. The number of aromatic nitrogens is 3. The molecule has 0 amide bonds. The molecule has 1 aromatic rings. The monoisotopic (exact) mass is 353 g/mol. The number of aliphatic hydroxyl groups is 2. The minimum absolute atomic E-state index is 0.101. The van der Waals surface area contributed by atoms with Crippen molar-refractivity contribution in [3.8, 4) is 0 Å². The highest BCUT2D eigenvalue weighted by Gasteiger charge is 2.21. The topological polar surface area (TPSA) is 71.2 Å². The molecule has 0 aromatic carbocycles. The van der Waals surface area contributed by atoms with Crippen molar-refractivity contribution >= 4 is 0 Å². The second-order valence-corrected chi connectivity index (χ2v) is 7.23. The van der Waals surface area contributed by atoms with E-state index < -0.39 is 6.10 Å². The molecule has 0 aliphatic heterocycles. The molecule has 1 heterocycles. The normalized spacial score (nSPS) is 13.9. The van der Waals surface area contributed by atoms with Gasteiger partial charge in [0.2, 0.25) is 0 Å². The summed E-state index contributed by atoms with van der Waals surface area (Å²) in [5.41, 5.74) is 0.956. The summed E-state index contributed by atoms with van der Waals surface area (Å²) in [6, 6.07) is -0.378. The van der Waals surface area contributed by atoms with Gasteiger partial charge in [-0.3, -0.25) is 0 Å². The van der Waals surface area contributed by atoms with Crippen LogP contribution in [0.25, 0.3) is 0 Å². The molecule has 0 unspecified atom stereocenters. The van der Waals surface area contributed by atoms with Crippen LogP contribution in [0, 0.1) is 0 Å². The predicted octanol–water partition coefficient (Wildman–Crippen LogP) is 4.44. The highest BCUT2D eigenvalue weighted by atomic mass is 16.3. The molecule has 0 saturated carbocycles. The summed E-state index contributed by atoms with van der Waals surface area (Å²) >= 11 is 0. The summed E-state index contributed by atoms with van der Waals surface area (Å²) in [6.45, 7) is 4.33.